The number of nitrogens with one attached hydrogen (secondary N) is 1. The summed E-state index contributed by atoms with van der Waals surface area (Å²) in [6, 6.07) is 0. The Bertz CT molecular complexity index is 44.5. The third-order valence-corrected chi connectivity index (χ3v) is 0.632. The highest BCUT2D eigenvalue weighted by molar-refractivity contribution is 4.72. The van der Waals surface area contributed by atoms with Crippen LogP contribution in [0.3, 0.4) is 0 Å². The molecule has 0 rings (SSSR count). The van der Waals surface area contributed by atoms with Gasteiger partial charge in [0.2, 0.25) is 0 Å². The molecule has 44 valence electrons. The van der Waals surface area contributed by atoms with Gasteiger partial charge in [-0.2, -0.15) is 0 Å². The summed E-state index contributed by atoms with van der Waals surface area (Å²) in [7, 11) is 1.90. The van der Waals surface area contributed by atoms with E-state index in [1.165, 1.54) is 0 Å². The lowest BCUT2D eigenvalue weighted by Crippen LogP contribution is -2.41. The molecule has 0 aliphatic heterocycles. The first-order valence-corrected chi connectivity index (χ1v) is 2.50. The summed E-state index contributed by atoms with van der Waals surface area (Å²) in [6.07, 6.45) is 0. The Morgan fingerprint density at radius 1 is 1.57 bits per heavy atom. The van der Waals surface area contributed by atoms with Gasteiger partial charge < -0.3 is 11.1 Å². The number of nitrogens with two attached hydrogens (primary N) is 1. The molecule has 0 unspecified atom stereocenters. The van der Waals surface area contributed by atoms with Gasteiger partial charge in [0.1, 0.15) is 0 Å². The summed E-state index contributed by atoms with van der Waals surface area (Å²) in [4.78, 5) is 0. The lowest BCUT2D eigenvalue weighted by Gasteiger charge is -2.16. The van der Waals surface area contributed by atoms with Gasteiger partial charge in [-0.25, -0.2) is 0 Å². The fraction of sp³-hybridized carbons (Fsp3) is 1.00. The summed E-state index contributed by atoms with van der Waals surface area (Å²) in [5, 5.41) is 2.98. The molecule has 0 spiro atoms. The zero-order valence-corrected chi connectivity index (χ0v) is 5.28. The largest absolute Gasteiger partial charge is 0.324 e. The van der Waals surface area contributed by atoms with Gasteiger partial charge in [0.25, 0.3) is 0 Å². The molecule has 0 saturated carbocycles. The molecule has 0 heterocycles. The maximum absolute atomic E-state index is 5.58. The lowest BCUT2D eigenvalue weighted by molar-refractivity contribution is 0.490. The number of hydrogen-bond donors (Lipinski definition) is 2. The van der Waals surface area contributed by atoms with E-state index >= 15 is 0 Å². The summed E-state index contributed by atoms with van der Waals surface area (Å²) >= 11 is 0. The van der Waals surface area contributed by atoms with Gasteiger partial charge in [-0.15, -0.1) is 0 Å². The fourth-order valence-electron chi connectivity index (χ4n) is 0.456. The number of likely N-dealkylation sites (N-methyl/N-ethyl adjacent to an activating group) is 1. The topological polar surface area (TPSA) is 38.0 Å². The van der Waals surface area contributed by atoms with Crippen LogP contribution in [0.25, 0.3) is 0 Å². The minimum atomic E-state index is -0.0608. The molecule has 0 saturated heterocycles. The second kappa shape index (κ2) is 2.28. The van der Waals surface area contributed by atoms with E-state index in [1.807, 2.05) is 20.9 Å². The molecule has 3 N–H and O–H groups in total. The van der Waals surface area contributed by atoms with Crippen LogP contribution in [0.2, 0.25) is 0 Å². The van der Waals surface area contributed by atoms with E-state index in [1.54, 1.807) is 0 Å². The van der Waals surface area contributed by atoms with Crippen molar-refractivity contribution in [2.45, 2.75) is 19.4 Å². The summed E-state index contributed by atoms with van der Waals surface area (Å²) in [5.74, 6) is 0. The van der Waals surface area contributed by atoms with Crippen molar-refractivity contribution in [3.8, 4) is 0 Å². The molecular weight excluding hydrogens is 88.1 g/mol. The predicted molar refractivity (Wildman–Crippen MR) is 32.2 cm³/mol. The molecule has 0 radical (unpaired) electrons. The average Bonchev–Trinajstić information content (AvgIpc) is 1.30. The molecule has 2 heteroatoms. The van der Waals surface area contributed by atoms with Crippen molar-refractivity contribution in [3.63, 3.8) is 0 Å². The van der Waals surface area contributed by atoms with Crippen molar-refractivity contribution in [1.82, 2.24) is 5.32 Å². The second-order valence-corrected chi connectivity index (χ2v) is 2.52. The van der Waals surface area contributed by atoms with Gasteiger partial charge in [0.05, 0.1) is 0 Å². The van der Waals surface area contributed by atoms with Crippen LogP contribution in [0.15, 0.2) is 0 Å². The monoisotopic (exact) mass is 102 g/mol. The molecule has 0 aliphatic rings. The van der Waals surface area contributed by atoms with E-state index in [0.29, 0.717) is 0 Å². The molecule has 0 atom stereocenters. The Morgan fingerprint density at radius 2 is 2.00 bits per heavy atom. The summed E-state index contributed by atoms with van der Waals surface area (Å²) < 4.78 is 0. The highest BCUT2D eigenvalue weighted by atomic mass is 14.9. The van der Waals surface area contributed by atoms with Crippen molar-refractivity contribution in [3.05, 3.63) is 0 Å². The van der Waals surface area contributed by atoms with Crippen molar-refractivity contribution in [2.24, 2.45) is 5.73 Å². The number of hydrogen-bond acceptors (Lipinski definition) is 2. The van der Waals surface area contributed by atoms with Gasteiger partial charge in [-0.1, -0.05) is 0 Å². The fourth-order valence-corrected chi connectivity index (χ4v) is 0.456. The molecule has 0 aliphatic carbocycles. The summed E-state index contributed by atoms with van der Waals surface area (Å²) in [6.45, 7) is 4.85. The SMILES string of the molecule is CNCC(C)(C)N. The second-order valence-electron chi connectivity index (χ2n) is 2.52. The van der Waals surface area contributed by atoms with E-state index in [2.05, 4.69) is 5.32 Å². The molecule has 0 aromatic rings. The van der Waals surface area contributed by atoms with E-state index in [9.17, 15) is 0 Å². The minimum Gasteiger partial charge on any atom is -0.324 e. The van der Waals surface area contributed by atoms with Gasteiger partial charge >= 0.3 is 0 Å². The smallest absolute Gasteiger partial charge is 0.0223 e. The molecule has 0 aromatic heterocycles. The van der Waals surface area contributed by atoms with Crippen LogP contribution in [0.4, 0.5) is 0 Å². The Labute approximate surface area is 45.1 Å². The van der Waals surface area contributed by atoms with Crippen molar-refractivity contribution in [1.29, 1.82) is 0 Å². The third kappa shape index (κ3) is 5.92. The highest BCUT2D eigenvalue weighted by Gasteiger charge is 2.06. The standard InChI is InChI=1S/C5H14N2/c1-5(2,6)4-7-3/h7H,4,6H2,1-3H3. The van der Waals surface area contributed by atoms with E-state index < -0.39 is 0 Å². The van der Waals surface area contributed by atoms with Crippen LogP contribution < -0.4 is 11.1 Å². The van der Waals surface area contributed by atoms with Crippen molar-refractivity contribution < 1.29 is 0 Å². The first-order chi connectivity index (χ1) is 3.06. The maximum atomic E-state index is 5.58. The minimum absolute atomic E-state index is 0.0608. The first-order valence-electron chi connectivity index (χ1n) is 2.50. The van der Waals surface area contributed by atoms with Crippen LogP contribution in [-0.4, -0.2) is 19.1 Å². The van der Waals surface area contributed by atoms with Crippen LogP contribution in [-0.2, 0) is 0 Å². The van der Waals surface area contributed by atoms with Crippen molar-refractivity contribution in [2.75, 3.05) is 13.6 Å². The molecule has 7 heavy (non-hydrogen) atoms. The van der Waals surface area contributed by atoms with Crippen LogP contribution in [0, 0.1) is 0 Å². The lowest BCUT2D eigenvalue weighted by atomic mass is 10.1. The summed E-state index contributed by atoms with van der Waals surface area (Å²) in [5.41, 5.74) is 5.52. The average molecular weight is 102 g/mol. The van der Waals surface area contributed by atoms with E-state index in [4.69, 9.17) is 5.73 Å². The maximum Gasteiger partial charge on any atom is 0.0223 e. The third-order valence-electron chi connectivity index (χ3n) is 0.632. The Balaban J connectivity index is 3.15. The van der Waals surface area contributed by atoms with Crippen molar-refractivity contribution >= 4 is 0 Å². The molecule has 2 nitrogen and oxygen atoms in total. The Kier molecular flexibility index (Phi) is 2.26. The Hall–Kier alpha value is -0.0800. The first kappa shape index (κ1) is 6.92. The zero-order valence-electron chi connectivity index (χ0n) is 5.28. The molecule has 0 amide bonds. The van der Waals surface area contributed by atoms with Crippen LogP contribution in [0.1, 0.15) is 13.8 Å². The van der Waals surface area contributed by atoms with E-state index in [-0.39, 0.29) is 5.54 Å². The quantitative estimate of drug-likeness (QED) is 0.512. The van der Waals surface area contributed by atoms with Gasteiger partial charge in [0.15, 0.2) is 0 Å². The molecule has 0 aromatic carbocycles. The molecule has 0 fully saturated rings. The molecular formula is C5H14N2. The van der Waals surface area contributed by atoms with Crippen LogP contribution in [0.5, 0.6) is 0 Å². The molecule has 0 bridgehead atoms. The van der Waals surface area contributed by atoms with Gasteiger partial charge in [-0.3, -0.25) is 0 Å². The van der Waals surface area contributed by atoms with Crippen LogP contribution >= 0.6 is 0 Å². The predicted octanol–water partition coefficient (Wildman–Crippen LogP) is -0.0569. The normalized spacial score (nSPS) is 12.0. The highest BCUT2D eigenvalue weighted by Crippen LogP contribution is 1.90. The van der Waals surface area contributed by atoms with E-state index in [0.717, 1.165) is 6.54 Å². The zero-order chi connectivity index (χ0) is 5.91. The van der Waals surface area contributed by atoms with Gasteiger partial charge in [0, 0.05) is 12.1 Å². The number of rotatable bonds is 2. The van der Waals surface area contributed by atoms with Gasteiger partial charge in [-0.05, 0) is 20.9 Å². The Morgan fingerprint density at radius 3 is 2.00 bits per heavy atom.